The van der Waals surface area contributed by atoms with E-state index in [4.69, 9.17) is 9.47 Å². The second-order valence-electron chi connectivity index (χ2n) is 5.39. The van der Waals surface area contributed by atoms with Crippen LogP contribution < -0.4 is 15.4 Å². The second-order valence-corrected chi connectivity index (χ2v) is 5.39. The minimum atomic E-state index is -0.872. The van der Waals surface area contributed by atoms with Crippen LogP contribution in [-0.4, -0.2) is 19.4 Å². The maximum absolute atomic E-state index is 13.6. The van der Waals surface area contributed by atoms with E-state index in [9.17, 15) is 18.0 Å². The number of carbonyl (C=O) groups is 1. The quantitative estimate of drug-likeness (QED) is 0.887. The molecule has 0 atom stereocenters. The fourth-order valence-corrected chi connectivity index (χ4v) is 2.53. The lowest BCUT2D eigenvalue weighted by Crippen LogP contribution is -2.31. The van der Waals surface area contributed by atoms with Crippen LogP contribution in [-0.2, 0) is 17.8 Å². The summed E-state index contributed by atoms with van der Waals surface area (Å²) < 4.78 is 51.1. The summed E-state index contributed by atoms with van der Waals surface area (Å²) in [6.45, 7) is 0.453. The topological polar surface area (TPSA) is 59.6 Å². The highest BCUT2D eigenvalue weighted by Gasteiger charge is 2.17. The first-order valence-electron chi connectivity index (χ1n) is 7.55. The predicted octanol–water partition coefficient (Wildman–Crippen LogP) is 3.33. The molecule has 0 unspecified atom stereocenters. The number of benzene rings is 2. The van der Waals surface area contributed by atoms with Gasteiger partial charge in [-0.1, -0.05) is 6.07 Å². The summed E-state index contributed by atoms with van der Waals surface area (Å²) in [5, 5.41) is 4.58. The van der Waals surface area contributed by atoms with Crippen LogP contribution in [0.3, 0.4) is 0 Å². The molecule has 3 rings (SSSR count). The molecule has 2 aromatic carbocycles. The molecule has 1 aliphatic heterocycles. The van der Waals surface area contributed by atoms with Crippen molar-refractivity contribution in [1.29, 1.82) is 0 Å². The van der Waals surface area contributed by atoms with E-state index in [0.717, 1.165) is 12.1 Å². The number of hydrogen-bond donors (Lipinski definition) is 2. The van der Waals surface area contributed by atoms with Crippen LogP contribution in [0.25, 0.3) is 0 Å². The Hall–Kier alpha value is -2.74. The van der Waals surface area contributed by atoms with Crippen molar-refractivity contribution in [2.24, 2.45) is 0 Å². The summed E-state index contributed by atoms with van der Waals surface area (Å²) in [4.78, 5) is 11.8. The molecular formula is C17H15F3N2O3. The molecule has 2 amide bonds. The zero-order valence-electron chi connectivity index (χ0n) is 13.1. The lowest BCUT2D eigenvalue weighted by Gasteiger charge is -2.21. The van der Waals surface area contributed by atoms with E-state index >= 15 is 0 Å². The number of fused-ring (bicyclic) bond motifs is 1. The zero-order chi connectivity index (χ0) is 17.8. The van der Waals surface area contributed by atoms with Gasteiger partial charge in [0, 0.05) is 12.1 Å². The van der Waals surface area contributed by atoms with E-state index in [1.165, 1.54) is 18.2 Å². The van der Waals surface area contributed by atoms with E-state index in [1.807, 2.05) is 0 Å². The summed E-state index contributed by atoms with van der Waals surface area (Å²) in [6.07, 6.45) is 0.285. The minimum Gasteiger partial charge on any atom is -0.467 e. The van der Waals surface area contributed by atoms with Gasteiger partial charge in [-0.3, -0.25) is 0 Å². The molecule has 8 heteroatoms. The average molecular weight is 352 g/mol. The highest BCUT2D eigenvalue weighted by atomic mass is 19.1. The molecule has 0 bridgehead atoms. The normalized spacial score (nSPS) is 12.9. The first kappa shape index (κ1) is 17.1. The molecule has 5 nitrogen and oxygen atoms in total. The van der Waals surface area contributed by atoms with Crippen molar-refractivity contribution in [3.8, 4) is 5.75 Å². The van der Waals surface area contributed by atoms with E-state index < -0.39 is 29.2 Å². The molecular weight excluding hydrogens is 337 g/mol. The van der Waals surface area contributed by atoms with Gasteiger partial charge >= 0.3 is 6.03 Å². The van der Waals surface area contributed by atoms with Crippen LogP contribution in [0.2, 0.25) is 0 Å². The molecule has 0 spiro atoms. The predicted molar refractivity (Wildman–Crippen MR) is 83.8 cm³/mol. The first-order chi connectivity index (χ1) is 12.0. The summed E-state index contributed by atoms with van der Waals surface area (Å²) in [6, 6.07) is 5.16. The molecule has 0 aliphatic carbocycles. The van der Waals surface area contributed by atoms with Gasteiger partial charge < -0.3 is 20.1 Å². The zero-order valence-corrected chi connectivity index (χ0v) is 13.1. The van der Waals surface area contributed by atoms with Crippen LogP contribution in [0.5, 0.6) is 5.75 Å². The van der Waals surface area contributed by atoms with Gasteiger partial charge in [-0.2, -0.15) is 0 Å². The van der Waals surface area contributed by atoms with E-state index in [2.05, 4.69) is 10.6 Å². The molecule has 132 valence electrons. The summed E-state index contributed by atoms with van der Waals surface area (Å²) in [5.41, 5.74) is 0.651. The van der Waals surface area contributed by atoms with Gasteiger partial charge in [0.15, 0.2) is 6.79 Å². The standard InChI is InChI=1S/C17H15F3N2O3/c18-12-6-10(16-11(7-12)8-24-9-25-16)4-5-21-17(23)22-15-13(19)2-1-3-14(15)20/h1-3,6-7H,4-5,8-9H2,(H2,21,22,23). The van der Waals surface area contributed by atoms with E-state index in [0.29, 0.717) is 16.9 Å². The maximum atomic E-state index is 13.6. The molecule has 2 N–H and O–H groups in total. The Morgan fingerprint density at radius 1 is 1.16 bits per heavy atom. The Labute approximate surface area is 141 Å². The Balaban J connectivity index is 1.60. The molecule has 2 aromatic rings. The van der Waals surface area contributed by atoms with Crippen molar-refractivity contribution in [3.63, 3.8) is 0 Å². The molecule has 0 fully saturated rings. The summed E-state index contributed by atoms with van der Waals surface area (Å²) in [7, 11) is 0. The molecule has 0 saturated heterocycles. The number of urea groups is 1. The average Bonchev–Trinajstić information content (AvgIpc) is 2.58. The molecule has 1 heterocycles. The Kier molecular flexibility index (Phi) is 5.08. The van der Waals surface area contributed by atoms with Gasteiger partial charge in [0.25, 0.3) is 0 Å². The highest BCUT2D eigenvalue weighted by Crippen LogP contribution is 2.29. The lowest BCUT2D eigenvalue weighted by atomic mass is 10.1. The van der Waals surface area contributed by atoms with Crippen molar-refractivity contribution < 1.29 is 27.4 Å². The van der Waals surface area contributed by atoms with Crippen molar-refractivity contribution >= 4 is 11.7 Å². The number of rotatable bonds is 4. The van der Waals surface area contributed by atoms with Crippen LogP contribution in [0.4, 0.5) is 23.7 Å². The van der Waals surface area contributed by atoms with Crippen molar-refractivity contribution in [1.82, 2.24) is 5.32 Å². The lowest BCUT2D eigenvalue weighted by molar-refractivity contribution is -0.0172. The number of anilines is 1. The number of ether oxygens (including phenoxy) is 2. The van der Waals surface area contributed by atoms with Crippen LogP contribution in [0, 0.1) is 17.5 Å². The fraction of sp³-hybridized carbons (Fsp3) is 0.235. The maximum Gasteiger partial charge on any atom is 0.319 e. The van der Waals surface area contributed by atoms with Gasteiger partial charge in [-0.25, -0.2) is 18.0 Å². The number of amides is 2. The Bertz CT molecular complexity index is 779. The SMILES string of the molecule is O=C(NCCc1cc(F)cc2c1OCOC2)Nc1c(F)cccc1F. The third-order valence-electron chi connectivity index (χ3n) is 3.63. The monoisotopic (exact) mass is 352 g/mol. The van der Waals surface area contributed by atoms with E-state index in [1.54, 1.807) is 0 Å². The Morgan fingerprint density at radius 2 is 1.92 bits per heavy atom. The van der Waals surface area contributed by atoms with Crippen LogP contribution in [0.15, 0.2) is 30.3 Å². The summed E-state index contributed by atoms with van der Waals surface area (Å²) >= 11 is 0. The van der Waals surface area contributed by atoms with E-state index in [-0.39, 0.29) is 26.4 Å². The fourth-order valence-electron chi connectivity index (χ4n) is 2.53. The van der Waals surface area contributed by atoms with Gasteiger partial charge in [0.05, 0.1) is 6.61 Å². The molecule has 25 heavy (non-hydrogen) atoms. The van der Waals surface area contributed by atoms with Crippen molar-refractivity contribution in [2.45, 2.75) is 13.0 Å². The number of nitrogens with one attached hydrogen (secondary N) is 2. The minimum absolute atomic E-state index is 0.0755. The Morgan fingerprint density at radius 3 is 2.68 bits per heavy atom. The smallest absolute Gasteiger partial charge is 0.319 e. The third kappa shape index (κ3) is 4.03. The van der Waals surface area contributed by atoms with Gasteiger partial charge in [0.1, 0.15) is 28.9 Å². The molecule has 1 aliphatic rings. The largest absolute Gasteiger partial charge is 0.467 e. The van der Waals surface area contributed by atoms with Crippen LogP contribution in [0.1, 0.15) is 11.1 Å². The number of hydrogen-bond acceptors (Lipinski definition) is 3. The molecule has 0 radical (unpaired) electrons. The number of halogens is 3. The van der Waals surface area contributed by atoms with Crippen molar-refractivity contribution in [3.05, 3.63) is 58.9 Å². The first-order valence-corrected chi connectivity index (χ1v) is 7.55. The number of carbonyl (C=O) groups excluding carboxylic acids is 1. The second kappa shape index (κ2) is 7.43. The van der Waals surface area contributed by atoms with Gasteiger partial charge in [-0.05, 0) is 36.2 Å². The van der Waals surface area contributed by atoms with Crippen molar-refractivity contribution in [2.75, 3.05) is 18.7 Å². The van der Waals surface area contributed by atoms with Gasteiger partial charge in [-0.15, -0.1) is 0 Å². The molecule has 0 saturated carbocycles. The van der Waals surface area contributed by atoms with Crippen LogP contribution >= 0.6 is 0 Å². The summed E-state index contributed by atoms with van der Waals surface area (Å²) in [5.74, 6) is -1.64. The highest BCUT2D eigenvalue weighted by molar-refractivity contribution is 5.89. The van der Waals surface area contributed by atoms with Gasteiger partial charge in [0.2, 0.25) is 0 Å². The third-order valence-corrected chi connectivity index (χ3v) is 3.63. The number of para-hydroxylation sites is 1. The molecule has 0 aromatic heterocycles.